The van der Waals surface area contributed by atoms with Crippen molar-refractivity contribution in [2.45, 2.75) is 6.18 Å². The van der Waals surface area contributed by atoms with Gasteiger partial charge >= 0.3 is 6.18 Å². The second-order valence-electron chi connectivity index (χ2n) is 3.52. The van der Waals surface area contributed by atoms with E-state index in [1.54, 1.807) is 0 Å². The molecule has 0 saturated heterocycles. The summed E-state index contributed by atoms with van der Waals surface area (Å²) in [5.74, 6) is -0.114. The predicted molar refractivity (Wildman–Crippen MR) is 63.9 cm³/mol. The van der Waals surface area contributed by atoms with Crippen LogP contribution in [0.25, 0.3) is 0 Å². The molecule has 106 valence electrons. The highest BCUT2D eigenvalue weighted by Gasteiger charge is 2.32. The molecule has 1 aromatic heterocycles. The van der Waals surface area contributed by atoms with E-state index in [0.29, 0.717) is 0 Å². The van der Waals surface area contributed by atoms with E-state index >= 15 is 0 Å². The third-order valence-electron chi connectivity index (χ3n) is 2.06. The first-order valence-corrected chi connectivity index (χ1v) is 5.76. The van der Waals surface area contributed by atoms with Crippen molar-refractivity contribution in [2.24, 2.45) is 0 Å². The van der Waals surface area contributed by atoms with Crippen LogP contribution in [0.2, 0.25) is 0 Å². The number of aliphatic hydroxyl groups is 1. The van der Waals surface area contributed by atoms with Crippen molar-refractivity contribution in [3.63, 3.8) is 0 Å². The first-order chi connectivity index (χ1) is 8.74. The first kappa shape index (κ1) is 15.6. The minimum atomic E-state index is -4.47. The third kappa shape index (κ3) is 4.63. The van der Waals surface area contributed by atoms with Crippen molar-refractivity contribution in [3.8, 4) is 0 Å². The first-order valence-electron chi connectivity index (χ1n) is 4.97. The maximum atomic E-state index is 12.4. The van der Waals surface area contributed by atoms with Gasteiger partial charge in [-0.05, 0) is 15.9 Å². The second kappa shape index (κ2) is 6.15. The van der Waals surface area contributed by atoms with Crippen LogP contribution in [-0.4, -0.2) is 40.9 Å². The van der Waals surface area contributed by atoms with Crippen molar-refractivity contribution < 1.29 is 23.2 Å². The smallest absolute Gasteiger partial charge is 0.395 e. The van der Waals surface area contributed by atoms with Crippen molar-refractivity contribution in [3.05, 3.63) is 26.9 Å². The number of alkyl halides is 3. The van der Waals surface area contributed by atoms with Gasteiger partial charge in [-0.15, -0.1) is 0 Å². The van der Waals surface area contributed by atoms with Crippen LogP contribution in [0.15, 0.2) is 16.7 Å². The van der Waals surface area contributed by atoms with E-state index in [4.69, 9.17) is 5.11 Å². The van der Waals surface area contributed by atoms with E-state index in [1.807, 2.05) is 0 Å². The Labute approximate surface area is 114 Å². The van der Waals surface area contributed by atoms with Gasteiger partial charge < -0.3 is 10.0 Å². The lowest BCUT2D eigenvalue weighted by molar-refractivity contribution is -0.385. The standard InChI is InChI=1S/C9H9BrF3N3O3/c10-7-3-6(16(18)19)4-14-8(7)15(1-2-17)5-9(11,12)13/h3-4,17H,1-2,5H2. The van der Waals surface area contributed by atoms with Gasteiger partial charge in [0.2, 0.25) is 0 Å². The molecule has 0 spiro atoms. The highest BCUT2D eigenvalue weighted by Crippen LogP contribution is 2.29. The van der Waals surface area contributed by atoms with Gasteiger partial charge in [-0.3, -0.25) is 10.1 Å². The molecule has 0 atom stereocenters. The normalized spacial score (nSPS) is 11.4. The number of rotatable bonds is 5. The van der Waals surface area contributed by atoms with Gasteiger partial charge in [0.15, 0.2) is 0 Å². The highest BCUT2D eigenvalue weighted by molar-refractivity contribution is 9.10. The number of nitrogens with zero attached hydrogens (tertiary/aromatic N) is 3. The number of aromatic nitrogens is 1. The van der Waals surface area contributed by atoms with Crippen molar-refractivity contribution >= 4 is 27.4 Å². The summed E-state index contributed by atoms with van der Waals surface area (Å²) in [6.07, 6.45) is -3.61. The molecule has 0 bridgehead atoms. The zero-order valence-corrected chi connectivity index (χ0v) is 11.0. The Morgan fingerprint density at radius 1 is 1.53 bits per heavy atom. The molecular weight excluding hydrogens is 335 g/mol. The lowest BCUT2D eigenvalue weighted by Gasteiger charge is -2.24. The average molecular weight is 344 g/mol. The minimum Gasteiger partial charge on any atom is -0.395 e. The molecule has 6 nitrogen and oxygen atoms in total. The molecule has 0 aliphatic rings. The van der Waals surface area contributed by atoms with Gasteiger partial charge in [0.05, 0.1) is 16.0 Å². The van der Waals surface area contributed by atoms with Crippen molar-refractivity contribution in [1.29, 1.82) is 0 Å². The van der Waals surface area contributed by atoms with Crippen LogP contribution in [0.1, 0.15) is 0 Å². The van der Waals surface area contributed by atoms with Crippen LogP contribution in [0, 0.1) is 10.1 Å². The molecule has 10 heteroatoms. The van der Waals surface area contributed by atoms with Crippen molar-refractivity contribution in [2.75, 3.05) is 24.6 Å². The molecule has 1 rings (SSSR count). The molecule has 1 heterocycles. The summed E-state index contributed by atoms with van der Waals surface area (Å²) >= 11 is 2.94. The van der Waals surface area contributed by atoms with Crippen LogP contribution in [0.5, 0.6) is 0 Å². The van der Waals surface area contributed by atoms with Crippen LogP contribution in [-0.2, 0) is 0 Å². The fourth-order valence-corrected chi connectivity index (χ4v) is 1.94. The Morgan fingerprint density at radius 2 is 2.16 bits per heavy atom. The summed E-state index contributed by atoms with van der Waals surface area (Å²) in [5, 5.41) is 19.3. The highest BCUT2D eigenvalue weighted by atomic mass is 79.9. The van der Waals surface area contributed by atoms with Gasteiger partial charge in [0, 0.05) is 12.6 Å². The largest absolute Gasteiger partial charge is 0.405 e. The Kier molecular flexibility index (Phi) is 5.06. The Hall–Kier alpha value is -1.42. The maximum absolute atomic E-state index is 12.4. The van der Waals surface area contributed by atoms with E-state index in [2.05, 4.69) is 20.9 Å². The molecule has 0 saturated carbocycles. The molecule has 0 aliphatic heterocycles. The van der Waals surface area contributed by atoms with Gasteiger partial charge in [0.1, 0.15) is 18.6 Å². The van der Waals surface area contributed by atoms with Crippen LogP contribution < -0.4 is 4.90 Å². The molecule has 0 radical (unpaired) electrons. The van der Waals surface area contributed by atoms with Gasteiger partial charge in [-0.2, -0.15) is 13.2 Å². The number of aliphatic hydroxyl groups excluding tert-OH is 1. The van der Waals surface area contributed by atoms with Gasteiger partial charge in [0.25, 0.3) is 5.69 Å². The lowest BCUT2D eigenvalue weighted by Crippen LogP contribution is -2.37. The summed E-state index contributed by atoms with van der Waals surface area (Å²) < 4.78 is 37.2. The topological polar surface area (TPSA) is 79.5 Å². The van der Waals surface area contributed by atoms with Gasteiger partial charge in [-0.1, -0.05) is 0 Å². The Bertz CT molecular complexity index is 470. The van der Waals surface area contributed by atoms with Crippen molar-refractivity contribution in [1.82, 2.24) is 4.98 Å². The molecular formula is C9H9BrF3N3O3. The van der Waals surface area contributed by atoms with Gasteiger partial charge in [-0.25, -0.2) is 4.98 Å². The summed E-state index contributed by atoms with van der Waals surface area (Å²) in [6, 6.07) is 1.06. The monoisotopic (exact) mass is 343 g/mol. The van der Waals surface area contributed by atoms with E-state index in [1.165, 1.54) is 0 Å². The van der Waals surface area contributed by atoms with E-state index < -0.39 is 24.3 Å². The van der Waals surface area contributed by atoms with E-state index in [9.17, 15) is 23.3 Å². The maximum Gasteiger partial charge on any atom is 0.405 e. The van der Waals surface area contributed by atoms with Crippen LogP contribution >= 0.6 is 15.9 Å². The number of hydrogen-bond acceptors (Lipinski definition) is 5. The minimum absolute atomic E-state index is 0.0550. The quantitative estimate of drug-likeness (QED) is 0.654. The number of hydrogen-bond donors (Lipinski definition) is 1. The SMILES string of the molecule is O=[N+]([O-])c1cnc(N(CCO)CC(F)(F)F)c(Br)c1. The zero-order chi connectivity index (χ0) is 14.6. The lowest BCUT2D eigenvalue weighted by atomic mass is 10.3. The summed E-state index contributed by atoms with van der Waals surface area (Å²) in [5.41, 5.74) is -0.341. The summed E-state index contributed by atoms with van der Waals surface area (Å²) in [6.45, 7) is -2.10. The fourth-order valence-electron chi connectivity index (χ4n) is 1.35. The average Bonchev–Trinajstić information content (AvgIpc) is 2.26. The Balaban J connectivity index is 3.06. The molecule has 1 aromatic rings. The molecule has 0 unspecified atom stereocenters. The van der Waals surface area contributed by atoms with E-state index in [-0.39, 0.29) is 22.5 Å². The number of nitro groups is 1. The number of pyridine rings is 1. The van der Waals surface area contributed by atoms with Crippen LogP contribution in [0.4, 0.5) is 24.7 Å². The Morgan fingerprint density at radius 3 is 2.58 bits per heavy atom. The molecule has 0 fully saturated rings. The summed E-state index contributed by atoms with van der Waals surface area (Å²) in [4.78, 5) is 14.2. The predicted octanol–water partition coefficient (Wildman–Crippen LogP) is 2.11. The van der Waals surface area contributed by atoms with Crippen LogP contribution in [0.3, 0.4) is 0 Å². The second-order valence-corrected chi connectivity index (χ2v) is 4.37. The number of anilines is 1. The molecule has 0 amide bonds. The molecule has 0 aliphatic carbocycles. The molecule has 19 heavy (non-hydrogen) atoms. The molecule has 0 aromatic carbocycles. The fraction of sp³-hybridized carbons (Fsp3) is 0.444. The zero-order valence-electron chi connectivity index (χ0n) is 9.39. The summed E-state index contributed by atoms with van der Waals surface area (Å²) in [7, 11) is 0. The van der Waals surface area contributed by atoms with E-state index in [0.717, 1.165) is 17.2 Å². The molecule has 1 N–H and O–H groups in total. The number of halogens is 4. The third-order valence-corrected chi connectivity index (χ3v) is 2.64.